The van der Waals surface area contributed by atoms with Crippen molar-refractivity contribution in [2.24, 2.45) is 0 Å². The fraction of sp³-hybridized carbons (Fsp3) is 0.385. The van der Waals surface area contributed by atoms with Crippen molar-refractivity contribution in [1.29, 1.82) is 0 Å². The molecule has 0 amide bonds. The molecule has 10 heteroatoms. The van der Waals surface area contributed by atoms with Crippen molar-refractivity contribution in [3.8, 4) is 11.5 Å². The summed E-state index contributed by atoms with van der Waals surface area (Å²) in [5.74, 6) is -0.944. The van der Waals surface area contributed by atoms with E-state index >= 15 is 0 Å². The lowest BCUT2D eigenvalue weighted by molar-refractivity contribution is -0.206. The number of carbonyl (C=O) groups excluding carboxylic acids is 1. The van der Waals surface area contributed by atoms with Gasteiger partial charge in [0.15, 0.2) is 0 Å². The van der Waals surface area contributed by atoms with Gasteiger partial charge in [-0.15, -0.1) is 0 Å². The summed E-state index contributed by atoms with van der Waals surface area (Å²) in [4.78, 5) is 17.9. The average Bonchev–Trinajstić information content (AvgIpc) is 3.20. The maximum atomic E-state index is 13.0. The first-order valence-corrected chi connectivity index (χ1v) is 12.0. The van der Waals surface area contributed by atoms with Crippen LogP contribution < -0.4 is 9.47 Å². The number of piperidine rings is 1. The molecule has 1 spiro atoms. The Morgan fingerprint density at radius 1 is 1.17 bits per heavy atom. The normalized spacial score (nSPS) is 18.0. The maximum absolute atomic E-state index is 13.0. The van der Waals surface area contributed by atoms with Gasteiger partial charge in [-0.1, -0.05) is 17.7 Å². The predicted octanol–water partition coefficient (Wildman–Crippen LogP) is 5.21. The molecule has 3 heterocycles. The Kier molecular flexibility index (Phi) is 6.70. The van der Waals surface area contributed by atoms with Gasteiger partial charge in [-0.05, 0) is 48.0 Å². The van der Waals surface area contributed by atoms with E-state index in [0.717, 1.165) is 23.1 Å². The molecule has 0 saturated carbocycles. The van der Waals surface area contributed by atoms with Gasteiger partial charge in [0, 0.05) is 55.5 Å². The van der Waals surface area contributed by atoms with Crippen molar-refractivity contribution in [3.05, 3.63) is 65.3 Å². The van der Waals surface area contributed by atoms with Crippen LogP contribution in [-0.2, 0) is 16.0 Å². The van der Waals surface area contributed by atoms with Crippen molar-refractivity contribution in [2.75, 3.05) is 26.2 Å². The van der Waals surface area contributed by atoms with Gasteiger partial charge < -0.3 is 14.2 Å². The van der Waals surface area contributed by atoms with E-state index in [-0.39, 0.29) is 18.8 Å². The highest BCUT2D eigenvalue weighted by Crippen LogP contribution is 2.42. The third-order valence-corrected chi connectivity index (χ3v) is 6.86. The van der Waals surface area contributed by atoms with Crippen molar-refractivity contribution in [3.63, 3.8) is 0 Å². The SMILES string of the molecule is O=C(O[C@H](COc1cccc2ncccc12)CN1CCC2(CC1)Cc1cc(Cl)ccc1O2)C(F)(F)F. The number of pyridine rings is 1. The van der Waals surface area contributed by atoms with Gasteiger partial charge in [-0.3, -0.25) is 9.88 Å². The van der Waals surface area contributed by atoms with Gasteiger partial charge in [0.1, 0.15) is 29.8 Å². The Morgan fingerprint density at radius 2 is 1.97 bits per heavy atom. The molecule has 0 N–H and O–H groups in total. The fourth-order valence-electron chi connectivity index (χ4n) is 4.84. The lowest BCUT2D eigenvalue weighted by Crippen LogP contribution is -2.50. The lowest BCUT2D eigenvalue weighted by atomic mass is 9.87. The van der Waals surface area contributed by atoms with E-state index < -0.39 is 18.2 Å². The molecule has 2 aliphatic rings. The molecule has 6 nitrogen and oxygen atoms in total. The van der Waals surface area contributed by atoms with Crippen LogP contribution in [0.4, 0.5) is 13.2 Å². The number of carbonyl (C=O) groups is 1. The second kappa shape index (κ2) is 9.78. The minimum absolute atomic E-state index is 0.111. The highest BCUT2D eigenvalue weighted by Gasteiger charge is 2.44. The zero-order chi connectivity index (χ0) is 25.3. The van der Waals surface area contributed by atoms with Crippen LogP contribution in [0, 0.1) is 0 Å². The van der Waals surface area contributed by atoms with Crippen molar-refractivity contribution in [1.82, 2.24) is 9.88 Å². The van der Waals surface area contributed by atoms with Crippen molar-refractivity contribution >= 4 is 28.5 Å². The number of halogens is 4. The van der Waals surface area contributed by atoms with Gasteiger partial charge in [0.05, 0.1) is 5.52 Å². The van der Waals surface area contributed by atoms with Gasteiger partial charge in [0.2, 0.25) is 0 Å². The number of fused-ring (bicyclic) bond motifs is 2. The molecule has 3 aromatic rings. The summed E-state index contributed by atoms with van der Waals surface area (Å²) in [7, 11) is 0. The Bertz CT molecular complexity index is 1260. The molecule has 36 heavy (non-hydrogen) atoms. The molecule has 2 aliphatic heterocycles. The number of hydrogen-bond acceptors (Lipinski definition) is 6. The van der Waals surface area contributed by atoms with E-state index in [0.29, 0.717) is 42.2 Å². The quantitative estimate of drug-likeness (QED) is 0.416. The molecule has 1 atom stereocenters. The Hall–Kier alpha value is -3.04. The number of benzene rings is 2. The highest BCUT2D eigenvalue weighted by atomic mass is 35.5. The number of esters is 1. The number of hydrogen-bond donors (Lipinski definition) is 0. The van der Waals surface area contributed by atoms with E-state index in [2.05, 4.69) is 4.98 Å². The number of nitrogens with zero attached hydrogens (tertiary/aromatic N) is 2. The lowest BCUT2D eigenvalue weighted by Gasteiger charge is -2.39. The monoisotopic (exact) mass is 520 g/mol. The van der Waals surface area contributed by atoms with Gasteiger partial charge in [-0.25, -0.2) is 4.79 Å². The molecule has 0 aliphatic carbocycles. The molecule has 1 fully saturated rings. The summed E-state index contributed by atoms with van der Waals surface area (Å²) in [6, 6.07) is 14.4. The van der Waals surface area contributed by atoms with Crippen molar-refractivity contribution in [2.45, 2.75) is 37.1 Å². The predicted molar refractivity (Wildman–Crippen MR) is 127 cm³/mol. The number of aromatic nitrogens is 1. The van der Waals surface area contributed by atoms with Crippen LogP contribution in [0.25, 0.3) is 10.9 Å². The zero-order valence-corrected chi connectivity index (χ0v) is 20.0. The summed E-state index contributed by atoms with van der Waals surface area (Å²) < 4.78 is 55.8. The average molecular weight is 521 g/mol. The smallest absolute Gasteiger partial charge is 0.489 e. The molecule has 2 aromatic carbocycles. The zero-order valence-electron chi connectivity index (χ0n) is 19.3. The van der Waals surface area contributed by atoms with Crippen LogP contribution in [0.3, 0.4) is 0 Å². The largest absolute Gasteiger partial charge is 0.490 e. The second-order valence-electron chi connectivity index (χ2n) is 9.18. The molecule has 0 bridgehead atoms. The van der Waals surface area contributed by atoms with Gasteiger partial charge in [0.25, 0.3) is 0 Å². The summed E-state index contributed by atoms with van der Waals surface area (Å²) in [6.07, 6.45) is -2.44. The van der Waals surface area contributed by atoms with Crippen LogP contribution >= 0.6 is 11.6 Å². The fourth-order valence-corrected chi connectivity index (χ4v) is 5.03. The van der Waals surface area contributed by atoms with Crippen LogP contribution in [0.5, 0.6) is 11.5 Å². The number of rotatable bonds is 6. The first-order chi connectivity index (χ1) is 17.2. The number of ether oxygens (including phenoxy) is 3. The third-order valence-electron chi connectivity index (χ3n) is 6.63. The first kappa shape index (κ1) is 24.6. The van der Waals surface area contributed by atoms with Crippen molar-refractivity contribution < 1.29 is 32.2 Å². The van der Waals surface area contributed by atoms with E-state index in [9.17, 15) is 18.0 Å². The second-order valence-corrected chi connectivity index (χ2v) is 9.61. The molecule has 0 radical (unpaired) electrons. The van der Waals surface area contributed by atoms with Crippen LogP contribution in [-0.4, -0.2) is 60.0 Å². The minimum Gasteiger partial charge on any atom is -0.489 e. The molecule has 1 aromatic heterocycles. The number of likely N-dealkylation sites (tertiary alicyclic amines) is 1. The van der Waals surface area contributed by atoms with Crippen LogP contribution in [0.1, 0.15) is 18.4 Å². The summed E-state index contributed by atoms with van der Waals surface area (Å²) in [6.45, 7) is 1.05. The summed E-state index contributed by atoms with van der Waals surface area (Å²) >= 11 is 6.11. The van der Waals surface area contributed by atoms with Crippen LogP contribution in [0.2, 0.25) is 5.02 Å². The topological polar surface area (TPSA) is 60.9 Å². The molecular formula is C26H24ClF3N2O4. The standard InChI is InChI=1S/C26H24ClF3N2O4/c27-18-6-7-22-17(13-18)14-25(36-22)8-11-32(12-9-25)15-19(35-24(33)26(28,29)30)16-34-23-5-1-4-21-20(23)3-2-10-31-21/h1-7,10,13,19H,8-9,11-12,14-16H2/t19-/m0/s1. The number of alkyl halides is 3. The molecule has 5 rings (SSSR count). The summed E-state index contributed by atoms with van der Waals surface area (Å²) in [5.41, 5.74) is 1.40. The van der Waals surface area contributed by atoms with Gasteiger partial charge >= 0.3 is 12.1 Å². The molecule has 1 saturated heterocycles. The van der Waals surface area contributed by atoms with E-state index in [1.165, 1.54) is 0 Å². The highest BCUT2D eigenvalue weighted by molar-refractivity contribution is 6.30. The third kappa shape index (κ3) is 5.37. The minimum atomic E-state index is -5.09. The van der Waals surface area contributed by atoms with Crippen LogP contribution in [0.15, 0.2) is 54.7 Å². The molecular weight excluding hydrogens is 497 g/mol. The Labute approximate surface area is 210 Å². The van der Waals surface area contributed by atoms with E-state index in [4.69, 9.17) is 25.8 Å². The van der Waals surface area contributed by atoms with E-state index in [1.54, 1.807) is 30.5 Å². The Morgan fingerprint density at radius 3 is 2.75 bits per heavy atom. The first-order valence-electron chi connectivity index (χ1n) is 11.6. The molecule has 190 valence electrons. The molecule has 0 unspecified atom stereocenters. The summed E-state index contributed by atoms with van der Waals surface area (Å²) in [5, 5.41) is 1.38. The van der Waals surface area contributed by atoms with E-state index in [1.807, 2.05) is 29.2 Å². The van der Waals surface area contributed by atoms with Gasteiger partial charge in [-0.2, -0.15) is 13.2 Å². The maximum Gasteiger partial charge on any atom is 0.490 e. The Balaban J connectivity index is 1.24.